The van der Waals surface area contributed by atoms with E-state index in [9.17, 15) is 0 Å². The Kier molecular flexibility index (Phi) is 2.96. The Labute approximate surface area is 88.4 Å². The van der Waals surface area contributed by atoms with Crippen LogP contribution in [0.25, 0.3) is 10.4 Å². The van der Waals surface area contributed by atoms with Crippen LogP contribution in [-0.2, 0) is 6.54 Å². The van der Waals surface area contributed by atoms with Gasteiger partial charge >= 0.3 is 0 Å². The Morgan fingerprint density at radius 1 is 1.14 bits per heavy atom. The molecule has 2 N–H and O–H groups in total. The molecule has 1 aromatic heterocycles. The van der Waals surface area contributed by atoms with Crippen LogP contribution in [0.4, 0.5) is 0 Å². The summed E-state index contributed by atoms with van der Waals surface area (Å²) in [5.74, 6) is 0. The van der Waals surface area contributed by atoms with Crippen LogP contribution in [0.2, 0.25) is 0 Å². The molecule has 0 aliphatic carbocycles. The summed E-state index contributed by atoms with van der Waals surface area (Å²) in [5, 5.41) is 4.29. The Morgan fingerprint density at radius 3 is 2.50 bits per heavy atom. The smallest absolute Gasteiger partial charge is 0.101 e. The molecule has 0 saturated carbocycles. The summed E-state index contributed by atoms with van der Waals surface area (Å²) in [6.07, 6.45) is 0. The van der Waals surface area contributed by atoms with Gasteiger partial charge < -0.3 is 5.32 Å². The van der Waals surface area contributed by atoms with E-state index < -0.39 is 0 Å². The van der Waals surface area contributed by atoms with Crippen LogP contribution in [0, 0.1) is 0 Å². The van der Waals surface area contributed by atoms with Crippen molar-refractivity contribution in [1.82, 2.24) is 0 Å². The highest BCUT2D eigenvalue weighted by Gasteiger charge is 1.98. The molecule has 72 valence electrons. The van der Waals surface area contributed by atoms with E-state index in [0.717, 1.165) is 6.54 Å². The summed E-state index contributed by atoms with van der Waals surface area (Å²) in [6.45, 7) is 1.06. The molecular formula is C12H14NS+. The number of rotatable bonds is 3. The first-order valence-electron chi connectivity index (χ1n) is 4.81. The van der Waals surface area contributed by atoms with E-state index in [1.807, 2.05) is 0 Å². The summed E-state index contributed by atoms with van der Waals surface area (Å²) in [4.78, 5) is 1.34. The molecule has 0 aliphatic heterocycles. The minimum absolute atomic E-state index is 1.06. The maximum atomic E-state index is 2.20. The third-order valence-corrected chi connectivity index (χ3v) is 3.12. The number of nitrogens with two attached hydrogens (primary N) is 1. The van der Waals surface area contributed by atoms with Gasteiger partial charge in [0.1, 0.15) is 6.54 Å². The monoisotopic (exact) mass is 204 g/mol. The first-order chi connectivity index (χ1) is 6.90. The molecule has 1 aromatic carbocycles. The average molecular weight is 204 g/mol. The van der Waals surface area contributed by atoms with Crippen LogP contribution in [0.15, 0.2) is 41.8 Å². The molecule has 0 atom stereocenters. The highest BCUT2D eigenvalue weighted by Crippen LogP contribution is 2.24. The molecule has 0 bridgehead atoms. The zero-order valence-corrected chi connectivity index (χ0v) is 9.05. The Bertz CT molecular complexity index is 375. The zero-order valence-electron chi connectivity index (χ0n) is 8.23. The molecule has 0 spiro atoms. The van der Waals surface area contributed by atoms with Gasteiger partial charge in [0.2, 0.25) is 0 Å². The maximum Gasteiger partial charge on any atom is 0.101 e. The fourth-order valence-corrected chi connectivity index (χ4v) is 2.22. The lowest BCUT2D eigenvalue weighted by molar-refractivity contribution is -0.643. The zero-order chi connectivity index (χ0) is 9.80. The molecule has 0 radical (unpaired) electrons. The summed E-state index contributed by atoms with van der Waals surface area (Å²) in [7, 11) is 2.09. The lowest BCUT2D eigenvalue weighted by Crippen LogP contribution is -2.77. The first-order valence-corrected chi connectivity index (χ1v) is 5.69. The van der Waals surface area contributed by atoms with Gasteiger partial charge in [-0.2, -0.15) is 0 Å². The Balaban J connectivity index is 2.22. The lowest BCUT2D eigenvalue weighted by atomic mass is 10.1. The van der Waals surface area contributed by atoms with Gasteiger partial charge in [0.25, 0.3) is 0 Å². The van der Waals surface area contributed by atoms with E-state index in [4.69, 9.17) is 0 Å². The fraction of sp³-hybridized carbons (Fsp3) is 0.167. The van der Waals surface area contributed by atoms with Crippen molar-refractivity contribution in [2.24, 2.45) is 0 Å². The largest absolute Gasteiger partial charge is 0.345 e. The molecule has 2 aromatic rings. The predicted molar refractivity (Wildman–Crippen MR) is 61.3 cm³/mol. The second-order valence-electron chi connectivity index (χ2n) is 3.29. The fourth-order valence-electron chi connectivity index (χ4n) is 1.48. The molecule has 2 rings (SSSR count). The molecule has 14 heavy (non-hydrogen) atoms. The van der Waals surface area contributed by atoms with Gasteiger partial charge in [0, 0.05) is 10.4 Å². The van der Waals surface area contributed by atoms with Crippen molar-refractivity contribution in [1.29, 1.82) is 0 Å². The van der Waals surface area contributed by atoms with Crippen LogP contribution in [0.1, 0.15) is 5.56 Å². The van der Waals surface area contributed by atoms with Crippen LogP contribution in [0.5, 0.6) is 0 Å². The van der Waals surface area contributed by atoms with Crippen molar-refractivity contribution in [3.05, 3.63) is 47.3 Å². The number of hydrogen-bond acceptors (Lipinski definition) is 1. The number of benzene rings is 1. The number of hydrogen-bond donors (Lipinski definition) is 1. The number of thiophene rings is 1. The molecular weight excluding hydrogens is 190 g/mol. The van der Waals surface area contributed by atoms with Gasteiger partial charge in [-0.05, 0) is 17.0 Å². The van der Waals surface area contributed by atoms with E-state index in [1.165, 1.54) is 16.0 Å². The summed E-state index contributed by atoms with van der Waals surface area (Å²) in [5.41, 5.74) is 2.70. The van der Waals surface area contributed by atoms with Gasteiger partial charge in [-0.15, -0.1) is 11.3 Å². The SMILES string of the molecule is C[NH2+]Cc1ccc(-c2cccs2)cc1. The Morgan fingerprint density at radius 2 is 1.93 bits per heavy atom. The third kappa shape index (κ3) is 2.03. The molecule has 2 heteroatoms. The molecule has 1 nitrogen and oxygen atoms in total. The third-order valence-electron chi connectivity index (χ3n) is 2.20. The molecule has 1 heterocycles. The second-order valence-corrected chi connectivity index (χ2v) is 4.23. The molecule has 0 aliphatic rings. The van der Waals surface area contributed by atoms with Crippen LogP contribution < -0.4 is 5.32 Å². The standard InChI is InChI=1S/C12H13NS/c1-13-9-10-4-6-11(7-5-10)12-3-2-8-14-12/h2-8,13H,9H2,1H3/p+1. The van der Waals surface area contributed by atoms with E-state index in [0.29, 0.717) is 0 Å². The van der Waals surface area contributed by atoms with Crippen molar-refractivity contribution in [3.8, 4) is 10.4 Å². The average Bonchev–Trinajstić information content (AvgIpc) is 2.72. The lowest BCUT2D eigenvalue weighted by Gasteiger charge is -1.99. The van der Waals surface area contributed by atoms with Crippen molar-refractivity contribution >= 4 is 11.3 Å². The van der Waals surface area contributed by atoms with Crippen LogP contribution in [-0.4, -0.2) is 7.05 Å². The van der Waals surface area contributed by atoms with Crippen molar-refractivity contribution in [2.45, 2.75) is 6.54 Å². The van der Waals surface area contributed by atoms with Crippen molar-refractivity contribution < 1.29 is 5.32 Å². The normalized spacial score (nSPS) is 10.4. The summed E-state index contributed by atoms with van der Waals surface area (Å²) < 4.78 is 0. The van der Waals surface area contributed by atoms with Gasteiger partial charge in [-0.1, -0.05) is 30.3 Å². The van der Waals surface area contributed by atoms with Crippen LogP contribution >= 0.6 is 11.3 Å². The molecule has 0 unspecified atom stereocenters. The first kappa shape index (κ1) is 9.44. The van der Waals surface area contributed by atoms with Crippen molar-refractivity contribution in [3.63, 3.8) is 0 Å². The quantitative estimate of drug-likeness (QED) is 0.788. The highest BCUT2D eigenvalue weighted by molar-refractivity contribution is 7.13. The second kappa shape index (κ2) is 4.40. The highest BCUT2D eigenvalue weighted by atomic mass is 32.1. The van der Waals surface area contributed by atoms with Crippen LogP contribution in [0.3, 0.4) is 0 Å². The van der Waals surface area contributed by atoms with Gasteiger partial charge in [0.15, 0.2) is 0 Å². The van der Waals surface area contributed by atoms with Gasteiger partial charge in [-0.25, -0.2) is 0 Å². The molecule has 0 fully saturated rings. The van der Waals surface area contributed by atoms with Gasteiger partial charge in [-0.3, -0.25) is 0 Å². The minimum Gasteiger partial charge on any atom is -0.345 e. The Hall–Kier alpha value is -1.12. The summed E-state index contributed by atoms with van der Waals surface area (Å²) >= 11 is 1.79. The van der Waals surface area contributed by atoms with E-state index in [1.54, 1.807) is 11.3 Å². The topological polar surface area (TPSA) is 16.6 Å². The van der Waals surface area contributed by atoms with E-state index in [-0.39, 0.29) is 0 Å². The maximum absolute atomic E-state index is 2.20. The molecule has 0 saturated heterocycles. The van der Waals surface area contributed by atoms with E-state index >= 15 is 0 Å². The van der Waals surface area contributed by atoms with Gasteiger partial charge in [0.05, 0.1) is 7.05 Å². The van der Waals surface area contributed by atoms with Crippen molar-refractivity contribution in [2.75, 3.05) is 7.05 Å². The number of quaternary nitrogens is 1. The summed E-state index contributed by atoms with van der Waals surface area (Å²) in [6, 6.07) is 13.1. The predicted octanol–water partition coefficient (Wildman–Crippen LogP) is 2.11. The molecule has 0 amide bonds. The minimum atomic E-state index is 1.06. The van der Waals surface area contributed by atoms with E-state index in [2.05, 4.69) is 54.1 Å².